The first-order valence-electron chi connectivity index (χ1n) is 9.22. The molecule has 0 saturated heterocycles. The molecular formula is C17H19F3N8O4. The Kier molecular flexibility index (Phi) is 6.87. The fraction of sp³-hybridized carbons (Fsp3) is 0.412. The molecule has 1 amide bonds. The number of hydrogen-bond donors (Lipinski definition) is 2. The molecule has 4 heterocycles. The standard InChI is InChI=1S/C15H18N8O2.C2HF3O2/c1-25-7-6-16-15(24)12-9-21(8-11-4-5-18-23(11)12)14-3-2-13-19-17-10-22(13)20-14;3-2(4,5)1(6)7/h2-5,10,12H,6-9H2,1H3,(H,16,24);(H,6,7). The number of carbonyl (C=O) groups is 2. The average molecular weight is 456 g/mol. The second-order valence-electron chi connectivity index (χ2n) is 6.58. The van der Waals surface area contributed by atoms with Crippen molar-refractivity contribution in [1.29, 1.82) is 0 Å². The average Bonchev–Trinajstić information content (AvgIpc) is 3.41. The van der Waals surface area contributed by atoms with Crippen LogP contribution in [0.3, 0.4) is 0 Å². The molecule has 12 nitrogen and oxygen atoms in total. The number of ether oxygens (including phenoxy) is 1. The highest BCUT2D eigenvalue weighted by Crippen LogP contribution is 2.24. The van der Waals surface area contributed by atoms with E-state index in [0.717, 1.165) is 11.5 Å². The number of halogens is 3. The quantitative estimate of drug-likeness (QED) is 0.518. The first-order chi connectivity index (χ1) is 15.2. The van der Waals surface area contributed by atoms with E-state index < -0.39 is 18.2 Å². The van der Waals surface area contributed by atoms with Crippen molar-refractivity contribution >= 4 is 23.3 Å². The molecule has 0 aromatic carbocycles. The largest absolute Gasteiger partial charge is 0.490 e. The molecule has 1 atom stereocenters. The van der Waals surface area contributed by atoms with Crippen molar-refractivity contribution in [2.24, 2.45) is 0 Å². The highest BCUT2D eigenvalue weighted by atomic mass is 19.4. The van der Waals surface area contributed by atoms with Crippen molar-refractivity contribution in [3.05, 3.63) is 36.4 Å². The Labute approximate surface area is 178 Å². The Morgan fingerprint density at radius 3 is 2.75 bits per heavy atom. The van der Waals surface area contributed by atoms with E-state index in [0.29, 0.717) is 31.9 Å². The van der Waals surface area contributed by atoms with Crippen LogP contribution in [0.25, 0.3) is 5.65 Å². The maximum Gasteiger partial charge on any atom is 0.490 e. The molecule has 3 aromatic heterocycles. The van der Waals surface area contributed by atoms with Crippen molar-refractivity contribution in [2.45, 2.75) is 18.8 Å². The van der Waals surface area contributed by atoms with Crippen LogP contribution in [0, 0.1) is 0 Å². The Hall–Kier alpha value is -3.75. The van der Waals surface area contributed by atoms with Gasteiger partial charge in [-0.2, -0.15) is 22.8 Å². The molecule has 0 saturated carbocycles. The number of methoxy groups -OCH3 is 1. The van der Waals surface area contributed by atoms with Crippen LogP contribution in [0.5, 0.6) is 0 Å². The molecule has 0 spiro atoms. The van der Waals surface area contributed by atoms with Gasteiger partial charge in [-0.3, -0.25) is 9.48 Å². The lowest BCUT2D eigenvalue weighted by Gasteiger charge is -2.33. The first kappa shape index (κ1) is 22.9. The molecule has 0 aliphatic carbocycles. The summed E-state index contributed by atoms with van der Waals surface area (Å²) in [6.45, 7) is 2.05. The molecule has 32 heavy (non-hydrogen) atoms. The SMILES string of the molecule is COCCNC(=O)C1CN(c2ccc3nncn3n2)Cc2ccnn21.O=C(O)C(F)(F)F. The molecule has 15 heteroatoms. The van der Waals surface area contributed by atoms with Crippen molar-refractivity contribution in [2.75, 3.05) is 31.7 Å². The second kappa shape index (κ2) is 9.59. The van der Waals surface area contributed by atoms with Crippen LogP contribution < -0.4 is 10.2 Å². The summed E-state index contributed by atoms with van der Waals surface area (Å²) in [5.41, 5.74) is 1.64. The minimum absolute atomic E-state index is 0.0860. The Bertz CT molecular complexity index is 1080. The van der Waals surface area contributed by atoms with Crippen LogP contribution in [0.4, 0.5) is 19.0 Å². The Morgan fingerprint density at radius 1 is 1.31 bits per heavy atom. The summed E-state index contributed by atoms with van der Waals surface area (Å²) >= 11 is 0. The van der Waals surface area contributed by atoms with Crippen LogP contribution in [-0.4, -0.2) is 79.6 Å². The molecule has 0 radical (unpaired) electrons. The van der Waals surface area contributed by atoms with E-state index in [1.807, 2.05) is 18.2 Å². The van der Waals surface area contributed by atoms with Crippen molar-refractivity contribution in [3.8, 4) is 0 Å². The van der Waals surface area contributed by atoms with Crippen molar-refractivity contribution in [1.82, 2.24) is 34.9 Å². The van der Waals surface area contributed by atoms with Gasteiger partial charge in [0.2, 0.25) is 5.91 Å². The number of rotatable bonds is 5. The highest BCUT2D eigenvalue weighted by Gasteiger charge is 2.38. The number of nitrogens with one attached hydrogen (secondary N) is 1. The van der Waals surface area contributed by atoms with E-state index in [1.54, 1.807) is 28.8 Å². The fourth-order valence-corrected chi connectivity index (χ4v) is 2.94. The molecule has 2 N–H and O–H groups in total. The lowest BCUT2D eigenvalue weighted by Crippen LogP contribution is -2.46. The third-order valence-electron chi connectivity index (χ3n) is 4.42. The van der Waals surface area contributed by atoms with Crippen LogP contribution >= 0.6 is 0 Å². The van der Waals surface area contributed by atoms with Gasteiger partial charge in [0.25, 0.3) is 0 Å². The number of carbonyl (C=O) groups excluding carboxylic acids is 1. The number of carboxylic acid groups (broad SMARTS) is 1. The van der Waals surface area contributed by atoms with Gasteiger partial charge in [0.05, 0.1) is 25.4 Å². The number of aromatic nitrogens is 6. The summed E-state index contributed by atoms with van der Waals surface area (Å²) in [7, 11) is 1.60. The Morgan fingerprint density at radius 2 is 2.06 bits per heavy atom. The number of nitrogens with zero attached hydrogens (tertiary/aromatic N) is 7. The van der Waals surface area contributed by atoms with E-state index in [2.05, 4.69) is 30.6 Å². The summed E-state index contributed by atoms with van der Waals surface area (Å²) < 4.78 is 40.1. The molecule has 4 rings (SSSR count). The summed E-state index contributed by atoms with van der Waals surface area (Å²) in [5, 5.41) is 26.6. The minimum atomic E-state index is -5.08. The highest BCUT2D eigenvalue weighted by molar-refractivity contribution is 5.81. The monoisotopic (exact) mass is 456 g/mol. The molecule has 3 aromatic rings. The van der Waals surface area contributed by atoms with Crippen LogP contribution in [0.1, 0.15) is 11.7 Å². The predicted octanol–water partition coefficient (Wildman–Crippen LogP) is 0.278. The maximum absolute atomic E-state index is 12.6. The van der Waals surface area contributed by atoms with Gasteiger partial charge < -0.3 is 20.1 Å². The number of hydrogen-bond acceptors (Lipinski definition) is 8. The van der Waals surface area contributed by atoms with E-state index in [9.17, 15) is 18.0 Å². The van der Waals surface area contributed by atoms with E-state index >= 15 is 0 Å². The molecule has 1 aliphatic heterocycles. The molecule has 0 bridgehead atoms. The summed E-state index contributed by atoms with van der Waals surface area (Å²) in [5.74, 6) is -2.08. The van der Waals surface area contributed by atoms with Crippen molar-refractivity contribution < 1.29 is 32.6 Å². The topological polar surface area (TPSA) is 140 Å². The zero-order chi connectivity index (χ0) is 23.3. The van der Waals surface area contributed by atoms with Gasteiger partial charge >= 0.3 is 12.1 Å². The van der Waals surface area contributed by atoms with Gasteiger partial charge in [0.15, 0.2) is 5.65 Å². The number of fused-ring (bicyclic) bond motifs is 2. The molecule has 172 valence electrons. The summed E-state index contributed by atoms with van der Waals surface area (Å²) in [6, 6.07) is 5.23. The van der Waals surface area contributed by atoms with Crippen molar-refractivity contribution in [3.63, 3.8) is 0 Å². The Balaban J connectivity index is 0.000000360. The maximum atomic E-state index is 12.6. The van der Waals surface area contributed by atoms with E-state index in [4.69, 9.17) is 14.6 Å². The molecule has 1 aliphatic rings. The number of anilines is 1. The second-order valence-corrected chi connectivity index (χ2v) is 6.58. The first-order valence-corrected chi connectivity index (χ1v) is 9.22. The van der Waals surface area contributed by atoms with E-state index in [1.165, 1.54) is 0 Å². The number of aliphatic carboxylic acids is 1. The van der Waals surface area contributed by atoms with Crippen LogP contribution in [0.15, 0.2) is 30.7 Å². The molecule has 0 fully saturated rings. The predicted molar refractivity (Wildman–Crippen MR) is 102 cm³/mol. The number of amides is 1. The number of carboxylic acids is 1. The van der Waals surface area contributed by atoms with Crippen LogP contribution in [0.2, 0.25) is 0 Å². The van der Waals surface area contributed by atoms with Gasteiger partial charge in [0, 0.05) is 19.9 Å². The fourth-order valence-electron chi connectivity index (χ4n) is 2.94. The van der Waals surface area contributed by atoms with E-state index in [-0.39, 0.29) is 5.91 Å². The van der Waals surface area contributed by atoms with Crippen LogP contribution in [-0.2, 0) is 20.9 Å². The zero-order valence-electron chi connectivity index (χ0n) is 16.7. The normalized spacial score (nSPS) is 15.6. The summed E-state index contributed by atoms with van der Waals surface area (Å²) in [4.78, 5) is 23.5. The smallest absolute Gasteiger partial charge is 0.475 e. The van der Waals surface area contributed by atoms with Gasteiger partial charge in [0.1, 0.15) is 18.2 Å². The third-order valence-corrected chi connectivity index (χ3v) is 4.42. The molecular weight excluding hydrogens is 437 g/mol. The zero-order valence-corrected chi connectivity index (χ0v) is 16.7. The van der Waals surface area contributed by atoms with Gasteiger partial charge in [-0.25, -0.2) is 4.79 Å². The van der Waals surface area contributed by atoms with Gasteiger partial charge in [-0.05, 0) is 18.2 Å². The number of alkyl halides is 3. The van der Waals surface area contributed by atoms with Gasteiger partial charge in [-0.1, -0.05) is 0 Å². The molecule has 1 unspecified atom stereocenters. The van der Waals surface area contributed by atoms with Gasteiger partial charge in [-0.15, -0.1) is 15.3 Å². The lowest BCUT2D eigenvalue weighted by atomic mass is 10.1. The minimum Gasteiger partial charge on any atom is -0.475 e. The lowest BCUT2D eigenvalue weighted by molar-refractivity contribution is -0.192. The third kappa shape index (κ3) is 5.29. The summed E-state index contributed by atoms with van der Waals surface area (Å²) in [6.07, 6.45) is -1.81.